The lowest BCUT2D eigenvalue weighted by atomic mass is 10.1. The number of ether oxygens (including phenoxy) is 2. The number of carbonyl (C=O) groups excluding carboxylic acids is 1. The zero-order valence-electron chi connectivity index (χ0n) is 14.9. The smallest absolute Gasteiger partial charge is 0.254 e. The van der Waals surface area contributed by atoms with Crippen molar-refractivity contribution in [3.8, 4) is 11.5 Å². The van der Waals surface area contributed by atoms with Gasteiger partial charge in [0, 0.05) is 12.6 Å². The van der Waals surface area contributed by atoms with Crippen LogP contribution in [-0.2, 0) is 0 Å². The molecule has 136 valence electrons. The number of para-hydroxylation sites is 1. The molecule has 1 amide bonds. The predicted octanol–water partition coefficient (Wildman–Crippen LogP) is 4.91. The highest BCUT2D eigenvalue weighted by molar-refractivity contribution is 9.10. The molecule has 0 radical (unpaired) electrons. The van der Waals surface area contributed by atoms with E-state index in [1.165, 1.54) is 0 Å². The van der Waals surface area contributed by atoms with Crippen molar-refractivity contribution >= 4 is 43.4 Å². The number of halogens is 1. The van der Waals surface area contributed by atoms with Crippen molar-refractivity contribution in [3.05, 3.63) is 51.4 Å². The van der Waals surface area contributed by atoms with Crippen LogP contribution < -0.4 is 9.47 Å². The van der Waals surface area contributed by atoms with Crippen LogP contribution in [0.2, 0.25) is 0 Å². The van der Waals surface area contributed by atoms with E-state index in [0.29, 0.717) is 21.5 Å². The number of methoxy groups -OCH3 is 2. The second kappa shape index (κ2) is 7.63. The predicted molar refractivity (Wildman–Crippen MR) is 107 cm³/mol. The number of carbonyl (C=O) groups is 1. The van der Waals surface area contributed by atoms with Crippen molar-refractivity contribution in [2.24, 2.45) is 0 Å². The number of hydrogen-bond acceptors (Lipinski definition) is 5. The summed E-state index contributed by atoms with van der Waals surface area (Å²) in [6.45, 7) is 1.98. The molecule has 3 aromatic rings. The van der Waals surface area contributed by atoms with Crippen molar-refractivity contribution in [2.75, 3.05) is 21.3 Å². The van der Waals surface area contributed by atoms with Crippen molar-refractivity contribution in [1.29, 1.82) is 0 Å². The molecule has 0 aliphatic rings. The van der Waals surface area contributed by atoms with Crippen LogP contribution in [-0.4, -0.2) is 37.1 Å². The molecule has 1 unspecified atom stereocenters. The summed E-state index contributed by atoms with van der Waals surface area (Å²) in [7, 11) is 4.89. The van der Waals surface area contributed by atoms with E-state index in [4.69, 9.17) is 9.47 Å². The first kappa shape index (κ1) is 18.7. The van der Waals surface area contributed by atoms with Crippen LogP contribution in [0, 0.1) is 0 Å². The van der Waals surface area contributed by atoms with E-state index in [1.807, 2.05) is 31.2 Å². The van der Waals surface area contributed by atoms with E-state index in [0.717, 1.165) is 15.2 Å². The quantitative estimate of drug-likeness (QED) is 0.572. The lowest BCUT2D eigenvalue weighted by Crippen LogP contribution is -2.29. The van der Waals surface area contributed by atoms with Crippen molar-refractivity contribution in [3.63, 3.8) is 0 Å². The van der Waals surface area contributed by atoms with Gasteiger partial charge in [0.15, 0.2) is 0 Å². The molecule has 1 aromatic heterocycles. The van der Waals surface area contributed by atoms with Gasteiger partial charge in [0.05, 0.1) is 30.5 Å². The molecule has 0 saturated heterocycles. The first-order valence-electron chi connectivity index (χ1n) is 8.00. The van der Waals surface area contributed by atoms with E-state index in [2.05, 4.69) is 20.9 Å². The first-order chi connectivity index (χ1) is 12.5. The summed E-state index contributed by atoms with van der Waals surface area (Å²) in [4.78, 5) is 19.3. The van der Waals surface area contributed by atoms with Gasteiger partial charge in [-0.3, -0.25) is 4.79 Å². The van der Waals surface area contributed by atoms with Crippen LogP contribution in [0.1, 0.15) is 28.3 Å². The summed E-state index contributed by atoms with van der Waals surface area (Å²) in [5, 5.41) is 0.901. The van der Waals surface area contributed by atoms with Crippen LogP contribution in [0.15, 0.2) is 40.9 Å². The minimum absolute atomic E-state index is 0.124. The first-order valence-corrected chi connectivity index (χ1v) is 9.61. The molecule has 1 atom stereocenters. The van der Waals surface area contributed by atoms with Gasteiger partial charge < -0.3 is 14.4 Å². The van der Waals surface area contributed by atoms with Gasteiger partial charge in [-0.05, 0) is 47.1 Å². The zero-order chi connectivity index (χ0) is 18.8. The Kier molecular flexibility index (Phi) is 5.48. The minimum Gasteiger partial charge on any atom is -0.495 e. The standard InChI is InChI=1S/C19H19BrN2O3S/c1-11(18-21-13-7-5-6-8-16(13)26-18)22(2)19(23)12-9-14(24-3)17(20)15(10-12)25-4/h5-11H,1-4H3. The maximum absolute atomic E-state index is 13.0. The van der Waals surface area contributed by atoms with Crippen LogP contribution in [0.3, 0.4) is 0 Å². The Labute approximate surface area is 164 Å². The van der Waals surface area contributed by atoms with Gasteiger partial charge in [-0.1, -0.05) is 12.1 Å². The second-order valence-electron chi connectivity index (χ2n) is 5.81. The fraction of sp³-hybridized carbons (Fsp3) is 0.263. The molecule has 0 spiro atoms. The molecule has 0 bridgehead atoms. The summed E-state index contributed by atoms with van der Waals surface area (Å²) in [6.07, 6.45) is 0. The lowest BCUT2D eigenvalue weighted by Gasteiger charge is -2.24. The number of benzene rings is 2. The Morgan fingerprint density at radius 1 is 1.19 bits per heavy atom. The normalized spacial score (nSPS) is 12.0. The highest BCUT2D eigenvalue weighted by Crippen LogP contribution is 2.36. The zero-order valence-corrected chi connectivity index (χ0v) is 17.3. The Morgan fingerprint density at radius 2 is 1.81 bits per heavy atom. The number of rotatable bonds is 5. The Balaban J connectivity index is 1.91. The summed E-state index contributed by atoms with van der Waals surface area (Å²) in [5.74, 6) is 0.975. The van der Waals surface area contributed by atoms with Gasteiger partial charge in [0.25, 0.3) is 5.91 Å². The van der Waals surface area contributed by atoms with Gasteiger partial charge in [-0.15, -0.1) is 11.3 Å². The molecule has 7 heteroatoms. The van der Waals surface area contributed by atoms with Crippen LogP contribution in [0.25, 0.3) is 10.2 Å². The molecule has 5 nitrogen and oxygen atoms in total. The molecule has 1 heterocycles. The topological polar surface area (TPSA) is 51.7 Å². The van der Waals surface area contributed by atoms with Gasteiger partial charge >= 0.3 is 0 Å². The number of fused-ring (bicyclic) bond motifs is 1. The van der Waals surface area contributed by atoms with Gasteiger partial charge in [0.2, 0.25) is 0 Å². The minimum atomic E-state index is -0.152. The van der Waals surface area contributed by atoms with Crippen LogP contribution in [0.4, 0.5) is 0 Å². The van der Waals surface area contributed by atoms with E-state index in [-0.39, 0.29) is 11.9 Å². The highest BCUT2D eigenvalue weighted by atomic mass is 79.9. The van der Waals surface area contributed by atoms with Gasteiger partial charge in [-0.25, -0.2) is 4.98 Å². The van der Waals surface area contributed by atoms with Crippen molar-refractivity contribution in [1.82, 2.24) is 9.88 Å². The van der Waals surface area contributed by atoms with Gasteiger partial charge in [0.1, 0.15) is 21.0 Å². The largest absolute Gasteiger partial charge is 0.495 e. The Bertz CT molecular complexity index is 899. The number of nitrogens with zero attached hydrogens (tertiary/aromatic N) is 2. The Morgan fingerprint density at radius 3 is 2.38 bits per heavy atom. The summed E-state index contributed by atoms with van der Waals surface area (Å²) >= 11 is 5.03. The third-order valence-electron chi connectivity index (χ3n) is 4.26. The summed E-state index contributed by atoms with van der Waals surface area (Å²) in [6, 6.07) is 11.2. The molecule has 0 N–H and O–H groups in total. The Hall–Kier alpha value is -2.12. The number of amides is 1. The fourth-order valence-electron chi connectivity index (χ4n) is 2.61. The summed E-state index contributed by atoms with van der Waals surface area (Å²) in [5.41, 5.74) is 1.45. The van der Waals surface area contributed by atoms with E-state index in [1.54, 1.807) is 49.6 Å². The molecular weight excluding hydrogens is 416 g/mol. The molecule has 3 rings (SSSR count). The average Bonchev–Trinajstić information content (AvgIpc) is 3.10. The number of aromatic nitrogens is 1. The van der Waals surface area contributed by atoms with Crippen molar-refractivity contribution < 1.29 is 14.3 Å². The summed E-state index contributed by atoms with van der Waals surface area (Å²) < 4.78 is 12.5. The second-order valence-corrected chi connectivity index (χ2v) is 7.66. The molecule has 2 aromatic carbocycles. The average molecular weight is 435 g/mol. The molecule has 0 fully saturated rings. The molecular formula is C19H19BrN2O3S. The third kappa shape index (κ3) is 3.41. The van der Waals surface area contributed by atoms with Crippen molar-refractivity contribution in [2.45, 2.75) is 13.0 Å². The van der Waals surface area contributed by atoms with E-state index >= 15 is 0 Å². The number of hydrogen-bond donors (Lipinski definition) is 0. The van der Waals surface area contributed by atoms with E-state index < -0.39 is 0 Å². The molecule has 0 saturated carbocycles. The number of thiazole rings is 1. The molecule has 0 aliphatic carbocycles. The van der Waals surface area contributed by atoms with E-state index in [9.17, 15) is 4.79 Å². The van der Waals surface area contributed by atoms with Gasteiger partial charge in [-0.2, -0.15) is 0 Å². The molecule has 0 aliphatic heterocycles. The molecule has 26 heavy (non-hydrogen) atoms. The fourth-order valence-corrected chi connectivity index (χ4v) is 4.22. The monoisotopic (exact) mass is 434 g/mol. The maximum atomic E-state index is 13.0. The highest BCUT2D eigenvalue weighted by Gasteiger charge is 2.24. The maximum Gasteiger partial charge on any atom is 0.254 e. The van der Waals surface area contributed by atoms with Crippen LogP contribution in [0.5, 0.6) is 11.5 Å². The SMILES string of the molecule is COc1cc(C(=O)N(C)C(C)c2nc3ccccc3s2)cc(OC)c1Br. The third-order valence-corrected chi connectivity index (χ3v) is 6.25. The lowest BCUT2D eigenvalue weighted by molar-refractivity contribution is 0.0741. The van der Waals surface area contributed by atoms with Crippen LogP contribution >= 0.6 is 27.3 Å².